The Labute approximate surface area is 331 Å². The summed E-state index contributed by atoms with van der Waals surface area (Å²) in [5, 5.41) is 31.1. The minimum Gasteiger partial charge on any atom is -0.508 e. The summed E-state index contributed by atoms with van der Waals surface area (Å²) in [6.07, 6.45) is 10.1. The molecule has 8 N–H and O–H groups in total. The molecule has 6 atom stereocenters. The molecule has 14 heteroatoms. The van der Waals surface area contributed by atoms with Crippen molar-refractivity contribution in [1.29, 1.82) is 0 Å². The fraction of sp³-hybridized carbons (Fsp3) is 0.714. The average Bonchev–Trinajstić information content (AvgIpc) is 3.66. The van der Waals surface area contributed by atoms with Crippen LogP contribution in [0.25, 0.3) is 0 Å². The number of benzene rings is 1. The molecule has 4 rings (SSSR count). The van der Waals surface area contributed by atoms with Crippen LogP contribution < -0.4 is 27.0 Å². The maximum Gasteiger partial charge on any atom is 0.326 e. The molecule has 0 radical (unpaired) electrons. The van der Waals surface area contributed by atoms with Gasteiger partial charge in [-0.1, -0.05) is 71.9 Å². The molecule has 14 nitrogen and oxygen atoms in total. The summed E-state index contributed by atoms with van der Waals surface area (Å²) in [5.41, 5.74) is 5.95. The van der Waals surface area contributed by atoms with E-state index in [0.717, 1.165) is 44.9 Å². The molecule has 3 fully saturated rings. The number of carboxylic acid groups (broad SMARTS) is 1. The summed E-state index contributed by atoms with van der Waals surface area (Å²) < 4.78 is 0. The molecule has 1 aromatic carbocycles. The summed E-state index contributed by atoms with van der Waals surface area (Å²) in [6, 6.07) is 1.09. The molecule has 3 aliphatic rings. The molecule has 0 spiro atoms. The monoisotopic (exact) mass is 782 g/mol. The maximum absolute atomic E-state index is 14.3. The van der Waals surface area contributed by atoms with E-state index in [0.29, 0.717) is 63.1 Å². The fourth-order valence-corrected chi connectivity index (χ4v) is 8.83. The lowest BCUT2D eigenvalue weighted by Crippen LogP contribution is -2.60. The molecule has 1 heterocycles. The highest BCUT2D eigenvalue weighted by Gasteiger charge is 2.47. The topological polar surface area (TPSA) is 220 Å². The average molecular weight is 783 g/mol. The summed E-state index contributed by atoms with van der Waals surface area (Å²) in [6.45, 7) is 8.11. The molecule has 2 saturated carbocycles. The number of nitrogens with zero attached hydrogens (tertiary/aromatic N) is 1. The molecule has 1 aliphatic heterocycles. The van der Waals surface area contributed by atoms with Gasteiger partial charge >= 0.3 is 5.97 Å². The Balaban J connectivity index is 1.54. The number of nitrogens with two attached hydrogens (primary N) is 1. The van der Waals surface area contributed by atoms with Crippen molar-refractivity contribution in [3.63, 3.8) is 0 Å². The Morgan fingerprint density at radius 3 is 2.14 bits per heavy atom. The second-order valence-electron chi connectivity index (χ2n) is 17.0. The number of carboxylic acids is 1. The number of phenols is 1. The van der Waals surface area contributed by atoms with Gasteiger partial charge in [-0.2, -0.15) is 0 Å². The molecule has 2 aliphatic carbocycles. The Bertz CT molecular complexity index is 1510. The number of nitrogens with one attached hydrogen (secondary N) is 4. The second kappa shape index (κ2) is 20.8. The van der Waals surface area contributed by atoms with Gasteiger partial charge in [0.2, 0.25) is 29.5 Å². The predicted octanol–water partition coefficient (Wildman–Crippen LogP) is 3.53. The van der Waals surface area contributed by atoms with Crippen molar-refractivity contribution in [2.45, 2.75) is 154 Å². The van der Waals surface area contributed by atoms with Crippen LogP contribution in [0.1, 0.15) is 123 Å². The van der Waals surface area contributed by atoms with Crippen molar-refractivity contribution in [1.82, 2.24) is 26.2 Å². The second-order valence-corrected chi connectivity index (χ2v) is 17.0. The number of phenolic OH excluding ortho intramolecular Hbond substituents is 1. The molecule has 312 valence electrons. The lowest BCUT2D eigenvalue weighted by molar-refractivity contribution is -0.145. The molecule has 1 saturated heterocycles. The highest BCUT2D eigenvalue weighted by Crippen LogP contribution is 2.49. The predicted molar refractivity (Wildman–Crippen MR) is 212 cm³/mol. The molecule has 5 amide bonds. The van der Waals surface area contributed by atoms with Crippen LogP contribution in [-0.4, -0.2) is 93.9 Å². The number of carbonyl (C=O) groups is 6. The molecule has 0 aromatic heterocycles. The van der Waals surface area contributed by atoms with Crippen LogP contribution in [0.15, 0.2) is 24.3 Å². The standard InChI is InChI=1S/C42H66N6O8/c1-5-27(4)35(38(52)45-33(40(54)55)23-26(2)3)47-36(50)32(24-28-15-17-30(49)18-16-28)44-37(51)34-14-10-22-48(34)39(53)31(13-6-7-21-43)46-41(56)42-19-8-11-29(25-42)12-9-20-42/h15-18,26-27,29,31-35,49H,5-14,19-25,43H2,1-4H3,(H,44,51)(H,45,52)(H,46,56)(H,47,50)(H,54,55)/t27-,29?,31+,32+,33+,34+,35+,42?/m1/s1. The smallest absolute Gasteiger partial charge is 0.326 e. The summed E-state index contributed by atoms with van der Waals surface area (Å²) in [4.78, 5) is 83.6. The van der Waals surface area contributed by atoms with E-state index in [1.165, 1.54) is 17.0 Å². The third kappa shape index (κ3) is 11.9. The maximum atomic E-state index is 14.3. The van der Waals surface area contributed by atoms with Gasteiger partial charge in [0.25, 0.3) is 0 Å². The third-order valence-electron chi connectivity index (χ3n) is 12.2. The number of likely N-dealkylation sites (tertiary alicyclic amines) is 1. The van der Waals surface area contributed by atoms with Gasteiger partial charge in [0.15, 0.2) is 0 Å². The van der Waals surface area contributed by atoms with Gasteiger partial charge in [-0.3, -0.25) is 24.0 Å². The van der Waals surface area contributed by atoms with E-state index in [4.69, 9.17) is 5.73 Å². The molecular weight excluding hydrogens is 716 g/mol. The molecule has 2 bridgehead atoms. The summed E-state index contributed by atoms with van der Waals surface area (Å²) in [7, 11) is 0. The van der Waals surface area contributed by atoms with Crippen LogP contribution in [0.3, 0.4) is 0 Å². The first kappa shape index (κ1) is 44.5. The lowest BCUT2D eigenvalue weighted by atomic mass is 9.61. The Morgan fingerprint density at radius 1 is 0.857 bits per heavy atom. The largest absolute Gasteiger partial charge is 0.508 e. The van der Waals surface area contributed by atoms with E-state index < -0.39 is 59.3 Å². The van der Waals surface area contributed by atoms with E-state index in [9.17, 15) is 39.0 Å². The summed E-state index contributed by atoms with van der Waals surface area (Å²) >= 11 is 0. The van der Waals surface area contributed by atoms with Crippen molar-refractivity contribution in [2.75, 3.05) is 13.1 Å². The lowest BCUT2D eigenvalue weighted by Gasteiger charge is -2.44. The number of hydrogen-bond donors (Lipinski definition) is 7. The van der Waals surface area contributed by atoms with E-state index >= 15 is 0 Å². The van der Waals surface area contributed by atoms with Crippen molar-refractivity contribution in [2.24, 2.45) is 28.9 Å². The van der Waals surface area contributed by atoms with Gasteiger partial charge in [-0.25, -0.2) is 4.79 Å². The Morgan fingerprint density at radius 2 is 1.54 bits per heavy atom. The highest BCUT2D eigenvalue weighted by atomic mass is 16.4. The Hall–Kier alpha value is -4.20. The molecule has 1 aromatic rings. The first-order valence-electron chi connectivity index (χ1n) is 20.9. The van der Waals surface area contributed by atoms with E-state index in [1.54, 1.807) is 19.1 Å². The van der Waals surface area contributed by atoms with E-state index in [2.05, 4.69) is 21.3 Å². The van der Waals surface area contributed by atoms with Crippen LogP contribution in [0, 0.1) is 23.2 Å². The highest BCUT2D eigenvalue weighted by molar-refractivity contribution is 5.97. The van der Waals surface area contributed by atoms with Crippen LogP contribution in [0.2, 0.25) is 0 Å². The number of rotatable bonds is 20. The van der Waals surface area contributed by atoms with Gasteiger partial charge in [-0.05, 0) is 99.8 Å². The Kier molecular flexibility index (Phi) is 16.5. The van der Waals surface area contributed by atoms with Crippen LogP contribution in [0.4, 0.5) is 0 Å². The van der Waals surface area contributed by atoms with Crippen LogP contribution in [-0.2, 0) is 35.2 Å². The number of amides is 5. The quantitative estimate of drug-likeness (QED) is 0.0961. The number of aliphatic carboxylic acids is 1. The van der Waals surface area contributed by atoms with Gasteiger partial charge in [0.1, 0.15) is 36.0 Å². The number of unbranched alkanes of at least 4 members (excludes halogenated alkanes) is 1. The number of carbonyl (C=O) groups excluding carboxylic acids is 5. The van der Waals surface area contributed by atoms with Crippen molar-refractivity contribution in [3.8, 4) is 5.75 Å². The first-order chi connectivity index (χ1) is 26.7. The third-order valence-corrected chi connectivity index (χ3v) is 12.2. The first-order valence-corrected chi connectivity index (χ1v) is 20.9. The van der Waals surface area contributed by atoms with Crippen molar-refractivity contribution < 1.29 is 39.0 Å². The minimum atomic E-state index is -1.18. The van der Waals surface area contributed by atoms with Gasteiger partial charge < -0.3 is 42.1 Å². The zero-order chi connectivity index (χ0) is 41.0. The minimum absolute atomic E-state index is 0.00581. The molecular formula is C42H66N6O8. The van der Waals surface area contributed by atoms with Crippen molar-refractivity contribution >= 4 is 35.5 Å². The van der Waals surface area contributed by atoms with Crippen LogP contribution >= 0.6 is 0 Å². The van der Waals surface area contributed by atoms with Gasteiger partial charge in [0.05, 0.1) is 0 Å². The van der Waals surface area contributed by atoms with E-state index in [1.807, 2.05) is 20.8 Å². The number of aromatic hydroxyl groups is 1. The van der Waals surface area contributed by atoms with Gasteiger partial charge in [0, 0.05) is 18.4 Å². The fourth-order valence-electron chi connectivity index (χ4n) is 8.83. The van der Waals surface area contributed by atoms with E-state index in [-0.39, 0.29) is 42.2 Å². The zero-order valence-corrected chi connectivity index (χ0v) is 33.8. The SMILES string of the molecule is CC[C@@H](C)[C@H](NC(=O)[C@H](Cc1ccc(O)cc1)NC(=O)[C@@H]1CCCN1C(=O)[C@H](CCCCN)NC(=O)C12CCCC(CCC1)C2)C(=O)N[C@@H](CC(C)C)C(=O)O. The summed E-state index contributed by atoms with van der Waals surface area (Å²) in [5.74, 6) is -3.20. The molecule has 56 heavy (non-hydrogen) atoms. The van der Waals surface area contributed by atoms with Gasteiger partial charge in [-0.15, -0.1) is 0 Å². The van der Waals surface area contributed by atoms with Crippen LogP contribution in [0.5, 0.6) is 5.75 Å². The number of fused-ring (bicyclic) bond motifs is 2. The number of hydrogen-bond acceptors (Lipinski definition) is 8. The van der Waals surface area contributed by atoms with Crippen molar-refractivity contribution in [3.05, 3.63) is 29.8 Å². The molecule has 0 unspecified atom stereocenters. The normalized spacial score (nSPS) is 23.3. The zero-order valence-electron chi connectivity index (χ0n) is 33.8.